The molecule has 28 heavy (non-hydrogen) atoms. The maximum atomic E-state index is 6.67. The first-order chi connectivity index (χ1) is 13.6. The molecule has 3 aliphatic rings. The van der Waals surface area contributed by atoms with E-state index < -0.39 is 5.60 Å². The molecule has 0 spiro atoms. The standard InChI is InChI=1S/C24H32O4/c1-3-22(14-25-15-22)18-27-21-11-8-12-24(13-21,20-9-6-5-7-10-20)28-19-23(4-2)16-26-17-23/h5-12H,3-4,13-19H2,1-2H3. The molecule has 1 aromatic carbocycles. The van der Waals surface area contributed by atoms with E-state index in [1.54, 1.807) is 0 Å². The molecule has 1 aliphatic carbocycles. The van der Waals surface area contributed by atoms with Gasteiger partial charge < -0.3 is 18.9 Å². The van der Waals surface area contributed by atoms with Crippen LogP contribution in [0.25, 0.3) is 0 Å². The largest absolute Gasteiger partial charge is 0.497 e. The van der Waals surface area contributed by atoms with Gasteiger partial charge in [-0.25, -0.2) is 0 Å². The second-order valence-corrected chi connectivity index (χ2v) is 8.69. The van der Waals surface area contributed by atoms with Crippen molar-refractivity contribution in [2.75, 3.05) is 39.6 Å². The number of rotatable bonds is 9. The SMILES string of the molecule is CCC1(COC2=CC=CC(OCC3(CC)COC3)(c3ccccc3)C2)COC1. The van der Waals surface area contributed by atoms with Gasteiger partial charge in [-0.3, -0.25) is 0 Å². The summed E-state index contributed by atoms with van der Waals surface area (Å²) in [5, 5.41) is 0. The number of allylic oxidation sites excluding steroid dienone is 2. The van der Waals surface area contributed by atoms with Gasteiger partial charge >= 0.3 is 0 Å². The third-order valence-corrected chi connectivity index (χ3v) is 6.68. The topological polar surface area (TPSA) is 36.9 Å². The minimum atomic E-state index is -0.488. The van der Waals surface area contributed by atoms with E-state index in [1.807, 2.05) is 6.07 Å². The Morgan fingerprint density at radius 3 is 2.11 bits per heavy atom. The summed E-state index contributed by atoms with van der Waals surface area (Å²) in [6, 6.07) is 10.5. The van der Waals surface area contributed by atoms with E-state index in [1.165, 1.54) is 5.56 Å². The van der Waals surface area contributed by atoms with Crippen LogP contribution in [0.4, 0.5) is 0 Å². The summed E-state index contributed by atoms with van der Waals surface area (Å²) in [7, 11) is 0. The highest BCUT2D eigenvalue weighted by atomic mass is 16.5. The Bertz CT molecular complexity index is 704. The van der Waals surface area contributed by atoms with Crippen molar-refractivity contribution in [3.8, 4) is 0 Å². The van der Waals surface area contributed by atoms with Crippen LogP contribution in [0.2, 0.25) is 0 Å². The van der Waals surface area contributed by atoms with Crippen molar-refractivity contribution in [1.29, 1.82) is 0 Å². The van der Waals surface area contributed by atoms with Gasteiger partial charge in [-0.05, 0) is 30.6 Å². The average molecular weight is 385 g/mol. The fourth-order valence-corrected chi connectivity index (χ4v) is 3.98. The molecule has 0 amide bonds. The third-order valence-electron chi connectivity index (χ3n) is 6.68. The quantitative estimate of drug-likeness (QED) is 0.623. The van der Waals surface area contributed by atoms with Crippen molar-refractivity contribution >= 4 is 0 Å². The lowest BCUT2D eigenvalue weighted by atomic mass is 9.82. The summed E-state index contributed by atoms with van der Waals surface area (Å²) in [5.41, 5.74) is 1.00. The van der Waals surface area contributed by atoms with Gasteiger partial charge in [0.05, 0.1) is 50.8 Å². The Hall–Kier alpha value is -1.62. The predicted molar refractivity (Wildman–Crippen MR) is 109 cm³/mol. The summed E-state index contributed by atoms with van der Waals surface area (Å²) in [5.74, 6) is 0.987. The molecule has 1 unspecified atom stereocenters. The van der Waals surface area contributed by atoms with Gasteiger partial charge in [0, 0.05) is 11.8 Å². The maximum Gasteiger partial charge on any atom is 0.119 e. The first-order valence-electron chi connectivity index (χ1n) is 10.5. The van der Waals surface area contributed by atoms with Crippen LogP contribution in [0.3, 0.4) is 0 Å². The zero-order valence-corrected chi connectivity index (χ0v) is 17.1. The molecule has 0 radical (unpaired) electrons. The second-order valence-electron chi connectivity index (χ2n) is 8.69. The number of benzene rings is 1. The van der Waals surface area contributed by atoms with Gasteiger partial charge in [0.1, 0.15) is 5.60 Å². The Kier molecular flexibility index (Phi) is 5.64. The van der Waals surface area contributed by atoms with Crippen LogP contribution in [0.1, 0.15) is 38.7 Å². The third kappa shape index (κ3) is 3.78. The first-order valence-corrected chi connectivity index (χ1v) is 10.5. The van der Waals surface area contributed by atoms with Crippen molar-refractivity contribution in [1.82, 2.24) is 0 Å². The Labute approximate surface area is 168 Å². The highest BCUT2D eigenvalue weighted by Crippen LogP contribution is 2.42. The lowest BCUT2D eigenvalue weighted by molar-refractivity contribution is -0.177. The van der Waals surface area contributed by atoms with Crippen LogP contribution in [-0.2, 0) is 24.5 Å². The molecule has 4 nitrogen and oxygen atoms in total. The minimum Gasteiger partial charge on any atom is -0.497 e. The zero-order valence-electron chi connectivity index (χ0n) is 17.1. The fraction of sp³-hybridized carbons (Fsp3) is 0.583. The molecule has 4 heteroatoms. The van der Waals surface area contributed by atoms with Gasteiger partial charge in [0.2, 0.25) is 0 Å². The predicted octanol–water partition coefficient (Wildman–Crippen LogP) is 4.61. The van der Waals surface area contributed by atoms with Crippen LogP contribution >= 0.6 is 0 Å². The number of ether oxygens (including phenoxy) is 4. The minimum absolute atomic E-state index is 0.146. The molecule has 152 valence electrons. The monoisotopic (exact) mass is 384 g/mol. The summed E-state index contributed by atoms with van der Waals surface area (Å²) in [6.07, 6.45) is 9.21. The van der Waals surface area contributed by atoms with Crippen molar-refractivity contribution < 1.29 is 18.9 Å². The average Bonchev–Trinajstić information content (AvgIpc) is 2.68. The van der Waals surface area contributed by atoms with E-state index in [4.69, 9.17) is 18.9 Å². The van der Waals surface area contributed by atoms with E-state index in [0.717, 1.165) is 51.4 Å². The molecule has 2 fully saturated rings. The van der Waals surface area contributed by atoms with Crippen LogP contribution in [-0.4, -0.2) is 39.6 Å². The Balaban J connectivity index is 1.49. The van der Waals surface area contributed by atoms with E-state index in [-0.39, 0.29) is 10.8 Å². The number of hydrogen-bond donors (Lipinski definition) is 0. The number of hydrogen-bond acceptors (Lipinski definition) is 4. The molecule has 1 atom stereocenters. The lowest BCUT2D eigenvalue weighted by Gasteiger charge is -2.44. The van der Waals surface area contributed by atoms with Gasteiger partial charge in [-0.15, -0.1) is 0 Å². The fourth-order valence-electron chi connectivity index (χ4n) is 3.98. The second kappa shape index (κ2) is 8.02. The molecule has 2 heterocycles. The van der Waals surface area contributed by atoms with Crippen molar-refractivity contribution in [3.63, 3.8) is 0 Å². The summed E-state index contributed by atoms with van der Waals surface area (Å²) < 4.78 is 23.9. The molecule has 1 aromatic rings. The highest BCUT2D eigenvalue weighted by Gasteiger charge is 2.43. The molecule has 2 saturated heterocycles. The van der Waals surface area contributed by atoms with Gasteiger partial charge in [0.25, 0.3) is 0 Å². The smallest absolute Gasteiger partial charge is 0.119 e. The van der Waals surface area contributed by atoms with E-state index >= 15 is 0 Å². The van der Waals surface area contributed by atoms with E-state index in [9.17, 15) is 0 Å². The van der Waals surface area contributed by atoms with Crippen molar-refractivity contribution in [3.05, 3.63) is 59.9 Å². The van der Waals surface area contributed by atoms with E-state index in [2.05, 4.69) is 56.3 Å². The van der Waals surface area contributed by atoms with Crippen LogP contribution in [0.5, 0.6) is 0 Å². The molecule has 4 rings (SSSR count). The van der Waals surface area contributed by atoms with E-state index in [0.29, 0.717) is 13.2 Å². The van der Waals surface area contributed by atoms with Gasteiger partial charge in [-0.1, -0.05) is 50.3 Å². The van der Waals surface area contributed by atoms with Gasteiger partial charge in [-0.2, -0.15) is 0 Å². The maximum absolute atomic E-state index is 6.67. The normalized spacial score (nSPS) is 27.4. The Morgan fingerprint density at radius 2 is 1.54 bits per heavy atom. The molecule has 0 aromatic heterocycles. The molecule has 0 saturated carbocycles. The highest BCUT2D eigenvalue weighted by molar-refractivity contribution is 5.34. The van der Waals surface area contributed by atoms with Crippen molar-refractivity contribution in [2.45, 2.75) is 38.7 Å². The van der Waals surface area contributed by atoms with Crippen molar-refractivity contribution in [2.24, 2.45) is 10.8 Å². The first kappa shape index (κ1) is 19.7. The summed E-state index contributed by atoms with van der Waals surface area (Å²) >= 11 is 0. The summed E-state index contributed by atoms with van der Waals surface area (Å²) in [4.78, 5) is 0. The van der Waals surface area contributed by atoms with Crippen LogP contribution < -0.4 is 0 Å². The lowest BCUT2D eigenvalue weighted by Crippen LogP contribution is -2.48. The molecular weight excluding hydrogens is 352 g/mol. The molecule has 2 aliphatic heterocycles. The summed E-state index contributed by atoms with van der Waals surface area (Å²) in [6.45, 7) is 9.01. The Morgan fingerprint density at radius 1 is 0.893 bits per heavy atom. The molecular formula is C24H32O4. The molecule has 0 bridgehead atoms. The van der Waals surface area contributed by atoms with Crippen LogP contribution in [0.15, 0.2) is 54.3 Å². The van der Waals surface area contributed by atoms with Crippen LogP contribution in [0, 0.1) is 10.8 Å². The zero-order chi connectivity index (χ0) is 19.5. The molecule has 0 N–H and O–H groups in total. The van der Waals surface area contributed by atoms with Gasteiger partial charge in [0.15, 0.2) is 0 Å².